The second-order valence-electron chi connectivity index (χ2n) is 7.26. The van der Waals surface area contributed by atoms with Gasteiger partial charge in [-0.25, -0.2) is 9.07 Å². The number of anilines is 1. The zero-order chi connectivity index (χ0) is 21.8. The van der Waals surface area contributed by atoms with Crippen molar-refractivity contribution >= 4 is 11.6 Å². The third-order valence-electron chi connectivity index (χ3n) is 5.37. The number of hydrogen-bond acceptors (Lipinski definition) is 5. The molecule has 0 aliphatic carbocycles. The van der Waals surface area contributed by atoms with E-state index in [2.05, 4.69) is 10.00 Å². The first-order valence-corrected chi connectivity index (χ1v) is 10.0. The molecule has 8 heteroatoms. The van der Waals surface area contributed by atoms with Gasteiger partial charge in [0.05, 0.1) is 12.8 Å². The zero-order valence-corrected chi connectivity index (χ0v) is 17.2. The van der Waals surface area contributed by atoms with Crippen molar-refractivity contribution in [3.8, 4) is 17.0 Å². The largest absolute Gasteiger partial charge is 0.497 e. The van der Waals surface area contributed by atoms with E-state index in [4.69, 9.17) is 4.74 Å². The van der Waals surface area contributed by atoms with Crippen LogP contribution in [0.2, 0.25) is 0 Å². The van der Waals surface area contributed by atoms with Crippen LogP contribution < -0.4 is 15.2 Å². The summed E-state index contributed by atoms with van der Waals surface area (Å²) in [7, 11) is 1.63. The summed E-state index contributed by atoms with van der Waals surface area (Å²) in [6, 6.07) is 16.8. The van der Waals surface area contributed by atoms with Crippen molar-refractivity contribution < 1.29 is 13.9 Å². The number of nitrogens with zero attached hydrogens (tertiary/aromatic N) is 4. The highest BCUT2D eigenvalue weighted by molar-refractivity contribution is 5.76. The van der Waals surface area contributed by atoms with Crippen molar-refractivity contribution in [1.29, 1.82) is 0 Å². The molecule has 0 bridgehead atoms. The lowest BCUT2D eigenvalue weighted by Gasteiger charge is -2.36. The van der Waals surface area contributed by atoms with Gasteiger partial charge >= 0.3 is 0 Å². The van der Waals surface area contributed by atoms with Gasteiger partial charge in [-0.2, -0.15) is 5.10 Å². The molecule has 1 aromatic heterocycles. The molecule has 0 unspecified atom stereocenters. The fourth-order valence-corrected chi connectivity index (χ4v) is 3.61. The van der Waals surface area contributed by atoms with Gasteiger partial charge in [0, 0.05) is 43.5 Å². The van der Waals surface area contributed by atoms with E-state index in [1.54, 1.807) is 30.2 Å². The molecule has 0 radical (unpaired) electrons. The summed E-state index contributed by atoms with van der Waals surface area (Å²) >= 11 is 0. The van der Waals surface area contributed by atoms with Crippen molar-refractivity contribution in [2.24, 2.45) is 0 Å². The number of carbonyl (C=O) groups excluding carboxylic acids is 1. The molecule has 1 saturated heterocycles. The Hall–Kier alpha value is -3.68. The summed E-state index contributed by atoms with van der Waals surface area (Å²) in [5.41, 5.74) is 1.28. The molecule has 31 heavy (non-hydrogen) atoms. The van der Waals surface area contributed by atoms with E-state index in [0.717, 1.165) is 16.1 Å². The van der Waals surface area contributed by atoms with Gasteiger partial charge in [0.25, 0.3) is 5.56 Å². The molecule has 2 heterocycles. The lowest BCUT2D eigenvalue weighted by Crippen LogP contribution is -2.50. The van der Waals surface area contributed by atoms with Crippen LogP contribution in [0.4, 0.5) is 10.1 Å². The number of ether oxygens (including phenoxy) is 1. The van der Waals surface area contributed by atoms with Crippen molar-refractivity contribution in [2.75, 3.05) is 38.2 Å². The Bertz CT molecular complexity index is 1120. The van der Waals surface area contributed by atoms with Crippen molar-refractivity contribution in [1.82, 2.24) is 14.7 Å². The van der Waals surface area contributed by atoms with Gasteiger partial charge in [-0.3, -0.25) is 9.59 Å². The van der Waals surface area contributed by atoms with Gasteiger partial charge in [0.2, 0.25) is 5.91 Å². The molecule has 1 aliphatic heterocycles. The molecule has 4 rings (SSSR count). The van der Waals surface area contributed by atoms with Crippen LogP contribution in [0.1, 0.15) is 0 Å². The highest BCUT2D eigenvalue weighted by Crippen LogP contribution is 2.21. The SMILES string of the molecule is COc1ccc(N2CCN(C(=O)Cn3nc(-c4ccccc4F)ccc3=O)CC2)cc1. The summed E-state index contributed by atoms with van der Waals surface area (Å²) in [6.07, 6.45) is 0. The number of halogens is 1. The highest BCUT2D eigenvalue weighted by atomic mass is 19.1. The first-order chi connectivity index (χ1) is 15.0. The second-order valence-corrected chi connectivity index (χ2v) is 7.26. The predicted octanol–water partition coefficient (Wildman–Crippen LogP) is 2.41. The fourth-order valence-electron chi connectivity index (χ4n) is 3.61. The average molecular weight is 422 g/mol. The van der Waals surface area contributed by atoms with E-state index < -0.39 is 11.4 Å². The molecular weight excluding hydrogens is 399 g/mol. The number of rotatable bonds is 5. The Balaban J connectivity index is 1.41. The van der Waals surface area contributed by atoms with E-state index in [-0.39, 0.29) is 18.0 Å². The molecule has 160 valence electrons. The lowest BCUT2D eigenvalue weighted by atomic mass is 10.1. The molecule has 7 nitrogen and oxygen atoms in total. The van der Waals surface area contributed by atoms with Crippen molar-refractivity contribution in [3.05, 3.63) is 76.8 Å². The highest BCUT2D eigenvalue weighted by Gasteiger charge is 2.22. The van der Waals surface area contributed by atoms with Crippen molar-refractivity contribution in [2.45, 2.75) is 6.54 Å². The molecule has 1 amide bonds. The Morgan fingerprint density at radius 2 is 1.71 bits per heavy atom. The maximum Gasteiger partial charge on any atom is 0.267 e. The minimum Gasteiger partial charge on any atom is -0.497 e. The van der Waals surface area contributed by atoms with E-state index in [9.17, 15) is 14.0 Å². The molecule has 3 aromatic rings. The third-order valence-corrected chi connectivity index (χ3v) is 5.37. The smallest absolute Gasteiger partial charge is 0.267 e. The van der Waals surface area contributed by atoms with E-state index in [1.165, 1.54) is 18.2 Å². The van der Waals surface area contributed by atoms with Gasteiger partial charge in [0.1, 0.15) is 18.1 Å². The monoisotopic (exact) mass is 422 g/mol. The van der Waals surface area contributed by atoms with E-state index in [1.807, 2.05) is 24.3 Å². The summed E-state index contributed by atoms with van der Waals surface area (Å²) in [5, 5.41) is 4.21. The normalized spacial score (nSPS) is 13.9. The van der Waals surface area contributed by atoms with Gasteiger partial charge in [-0.05, 0) is 42.5 Å². The average Bonchev–Trinajstić information content (AvgIpc) is 2.81. The molecule has 0 spiro atoms. The number of carbonyl (C=O) groups is 1. The Labute approximate surface area is 179 Å². The van der Waals surface area contributed by atoms with Gasteiger partial charge < -0.3 is 14.5 Å². The fraction of sp³-hybridized carbons (Fsp3) is 0.261. The van der Waals surface area contributed by atoms with Gasteiger partial charge in [-0.15, -0.1) is 0 Å². The second kappa shape index (κ2) is 8.99. The molecular formula is C23H23FN4O3. The van der Waals surface area contributed by atoms with Gasteiger partial charge in [-0.1, -0.05) is 12.1 Å². The molecule has 0 atom stereocenters. The molecule has 0 N–H and O–H groups in total. The first-order valence-electron chi connectivity index (χ1n) is 10.0. The predicted molar refractivity (Wildman–Crippen MR) is 116 cm³/mol. The lowest BCUT2D eigenvalue weighted by molar-refractivity contribution is -0.132. The van der Waals surface area contributed by atoms with Gasteiger partial charge in [0.15, 0.2) is 0 Å². The number of benzene rings is 2. The maximum absolute atomic E-state index is 14.1. The molecule has 0 saturated carbocycles. The van der Waals surface area contributed by atoms with Crippen LogP contribution in [0.25, 0.3) is 11.3 Å². The Morgan fingerprint density at radius 1 is 1.00 bits per heavy atom. The number of piperazine rings is 1. The van der Waals surface area contributed by atoms with Crippen molar-refractivity contribution in [3.63, 3.8) is 0 Å². The van der Waals surface area contributed by atoms with E-state index >= 15 is 0 Å². The van der Waals surface area contributed by atoms with E-state index in [0.29, 0.717) is 31.9 Å². The first kappa shape index (κ1) is 20.6. The molecule has 2 aromatic carbocycles. The maximum atomic E-state index is 14.1. The Morgan fingerprint density at radius 3 is 2.39 bits per heavy atom. The van der Waals surface area contributed by atoms with Crippen LogP contribution >= 0.6 is 0 Å². The standard InChI is InChI=1S/C23H23FN4O3/c1-31-18-8-6-17(7-9-18)26-12-14-27(15-13-26)23(30)16-28-22(29)11-10-21(25-28)19-4-2-3-5-20(19)24/h2-11H,12-16H2,1H3. The number of hydrogen-bond donors (Lipinski definition) is 0. The molecule has 1 aliphatic rings. The summed E-state index contributed by atoms with van der Waals surface area (Å²) < 4.78 is 20.4. The third kappa shape index (κ3) is 4.58. The van der Waals surface area contributed by atoms with Crippen LogP contribution in [-0.4, -0.2) is 53.9 Å². The zero-order valence-electron chi connectivity index (χ0n) is 17.2. The number of amides is 1. The number of methoxy groups -OCH3 is 1. The summed E-state index contributed by atoms with van der Waals surface area (Å²) in [5.74, 6) is 0.184. The minimum atomic E-state index is -0.429. The topological polar surface area (TPSA) is 67.7 Å². The minimum absolute atomic E-state index is 0.177. The van der Waals surface area contributed by atoms with Crippen LogP contribution in [0, 0.1) is 5.82 Å². The summed E-state index contributed by atoms with van der Waals surface area (Å²) in [4.78, 5) is 28.9. The van der Waals surface area contributed by atoms with Crippen LogP contribution in [0.3, 0.4) is 0 Å². The quantitative estimate of drug-likeness (QED) is 0.632. The summed E-state index contributed by atoms with van der Waals surface area (Å²) in [6.45, 7) is 2.30. The van der Waals surface area contributed by atoms with Crippen LogP contribution in [-0.2, 0) is 11.3 Å². The number of aromatic nitrogens is 2. The van der Waals surface area contributed by atoms with Crippen LogP contribution in [0.15, 0.2) is 65.5 Å². The van der Waals surface area contributed by atoms with Crippen LogP contribution in [0.5, 0.6) is 5.75 Å². The molecule has 1 fully saturated rings. The Kier molecular flexibility index (Phi) is 5.97.